The lowest BCUT2D eigenvalue weighted by Crippen LogP contribution is -2.31. The Hall–Kier alpha value is -4.28. The van der Waals surface area contributed by atoms with E-state index in [1.165, 1.54) is 43.5 Å². The minimum Gasteiger partial charge on any atom is -0.497 e. The first-order chi connectivity index (χ1) is 17.2. The second kappa shape index (κ2) is 10.1. The summed E-state index contributed by atoms with van der Waals surface area (Å²) in [6.45, 7) is 1.36. The highest BCUT2D eigenvalue weighted by atomic mass is 16.6. The van der Waals surface area contributed by atoms with Gasteiger partial charge < -0.3 is 14.8 Å². The Labute approximate surface area is 206 Å². The van der Waals surface area contributed by atoms with Crippen LogP contribution in [0.4, 0.5) is 17.1 Å². The van der Waals surface area contributed by atoms with Crippen molar-refractivity contribution in [3.05, 3.63) is 58.1 Å². The van der Waals surface area contributed by atoms with Crippen LogP contribution >= 0.6 is 0 Å². The van der Waals surface area contributed by atoms with Crippen molar-refractivity contribution in [2.45, 2.75) is 26.2 Å². The third-order valence-corrected chi connectivity index (χ3v) is 6.54. The van der Waals surface area contributed by atoms with Crippen molar-refractivity contribution in [2.24, 2.45) is 17.8 Å². The summed E-state index contributed by atoms with van der Waals surface area (Å²) >= 11 is 0. The first kappa shape index (κ1) is 24.8. The molecule has 2 aromatic rings. The zero-order valence-electron chi connectivity index (χ0n) is 19.8. The number of carbonyl (C=O) groups excluding carboxylic acids is 4. The molecule has 11 nitrogen and oxygen atoms in total. The van der Waals surface area contributed by atoms with Crippen LogP contribution in [0.2, 0.25) is 0 Å². The topological polar surface area (TPSA) is 145 Å². The van der Waals surface area contributed by atoms with Gasteiger partial charge in [0, 0.05) is 12.1 Å². The third-order valence-electron chi connectivity index (χ3n) is 6.54. The highest BCUT2D eigenvalue weighted by molar-refractivity contribution is 6.22. The van der Waals surface area contributed by atoms with Gasteiger partial charge in [0.2, 0.25) is 11.8 Å². The average Bonchev–Trinajstić information content (AvgIpc) is 3.11. The average molecular weight is 495 g/mol. The Morgan fingerprint density at radius 2 is 1.86 bits per heavy atom. The lowest BCUT2D eigenvalue weighted by atomic mass is 9.76. The van der Waals surface area contributed by atoms with Crippen LogP contribution in [-0.4, -0.2) is 42.3 Å². The van der Waals surface area contributed by atoms with E-state index in [9.17, 15) is 29.3 Å². The van der Waals surface area contributed by atoms with Gasteiger partial charge in [0.05, 0.1) is 35.1 Å². The number of amides is 3. The van der Waals surface area contributed by atoms with E-state index in [0.29, 0.717) is 24.5 Å². The molecule has 4 rings (SSSR count). The summed E-state index contributed by atoms with van der Waals surface area (Å²) < 4.78 is 10.1. The van der Waals surface area contributed by atoms with Crippen LogP contribution in [0.3, 0.4) is 0 Å². The number of ether oxygens (including phenoxy) is 2. The van der Waals surface area contributed by atoms with E-state index in [1.54, 1.807) is 6.07 Å². The standard InChI is InChI=1S/C25H25N3O8/c1-14-6-8-18-19(10-14)24(31)27(23(18)30)16-5-3-4-15(11-16)25(32)36-13-22(29)26-20-12-17(35-2)7-9-21(20)28(33)34/h3-5,7,9,11-12,14,18-19H,6,8,10,13H2,1-2H3,(H,26,29)/t14-,18+,19+/m0/s1. The number of carbonyl (C=O) groups is 4. The summed E-state index contributed by atoms with van der Waals surface area (Å²) in [4.78, 5) is 62.5. The number of hydrogen-bond acceptors (Lipinski definition) is 8. The van der Waals surface area contributed by atoms with Crippen molar-refractivity contribution in [1.82, 2.24) is 0 Å². The van der Waals surface area contributed by atoms with E-state index in [-0.39, 0.29) is 46.3 Å². The maximum absolute atomic E-state index is 13.0. The predicted molar refractivity (Wildman–Crippen MR) is 127 cm³/mol. The monoisotopic (exact) mass is 495 g/mol. The lowest BCUT2D eigenvalue weighted by molar-refractivity contribution is -0.383. The molecule has 2 aliphatic rings. The van der Waals surface area contributed by atoms with Gasteiger partial charge in [-0.3, -0.25) is 29.4 Å². The maximum Gasteiger partial charge on any atom is 0.338 e. The molecule has 1 saturated carbocycles. The van der Waals surface area contributed by atoms with Gasteiger partial charge in [-0.1, -0.05) is 13.0 Å². The molecule has 0 radical (unpaired) electrons. The van der Waals surface area contributed by atoms with Crippen LogP contribution in [0.25, 0.3) is 0 Å². The van der Waals surface area contributed by atoms with Crippen molar-refractivity contribution in [2.75, 3.05) is 23.9 Å². The molecule has 11 heteroatoms. The van der Waals surface area contributed by atoms with Crippen LogP contribution in [0.1, 0.15) is 36.5 Å². The van der Waals surface area contributed by atoms with Gasteiger partial charge in [-0.15, -0.1) is 0 Å². The zero-order valence-corrected chi connectivity index (χ0v) is 19.8. The molecule has 1 saturated heterocycles. The number of methoxy groups -OCH3 is 1. The number of fused-ring (bicyclic) bond motifs is 1. The predicted octanol–water partition coefficient (Wildman–Crippen LogP) is 3.32. The minimum atomic E-state index is -0.850. The number of rotatable bonds is 7. The van der Waals surface area contributed by atoms with Crippen LogP contribution < -0.4 is 15.0 Å². The van der Waals surface area contributed by atoms with Crippen molar-refractivity contribution in [1.29, 1.82) is 0 Å². The number of nitrogens with zero attached hydrogens (tertiary/aromatic N) is 2. The zero-order chi connectivity index (χ0) is 26.0. The molecule has 0 aromatic heterocycles. The van der Waals surface area contributed by atoms with Gasteiger partial charge in [0.1, 0.15) is 11.4 Å². The van der Waals surface area contributed by atoms with E-state index in [2.05, 4.69) is 12.2 Å². The van der Waals surface area contributed by atoms with Gasteiger partial charge in [0.25, 0.3) is 11.6 Å². The van der Waals surface area contributed by atoms with Crippen molar-refractivity contribution in [3.63, 3.8) is 0 Å². The van der Waals surface area contributed by atoms with Crippen molar-refractivity contribution >= 4 is 40.8 Å². The van der Waals surface area contributed by atoms with Gasteiger partial charge in [-0.2, -0.15) is 0 Å². The van der Waals surface area contributed by atoms with E-state index >= 15 is 0 Å². The number of esters is 1. The van der Waals surface area contributed by atoms with E-state index < -0.39 is 23.4 Å². The third kappa shape index (κ3) is 4.90. The molecular weight excluding hydrogens is 470 g/mol. The molecule has 0 spiro atoms. The first-order valence-electron chi connectivity index (χ1n) is 11.5. The van der Waals surface area contributed by atoms with Crippen LogP contribution in [0.5, 0.6) is 5.75 Å². The number of hydrogen-bond donors (Lipinski definition) is 1. The molecule has 3 atom stereocenters. The van der Waals surface area contributed by atoms with E-state index in [1.807, 2.05) is 0 Å². The van der Waals surface area contributed by atoms with Crippen molar-refractivity contribution in [3.8, 4) is 5.75 Å². The minimum absolute atomic E-state index is 0.0523. The Kier molecular flexibility index (Phi) is 7.00. The first-order valence-corrected chi connectivity index (χ1v) is 11.5. The van der Waals surface area contributed by atoms with E-state index in [4.69, 9.17) is 9.47 Å². The molecule has 0 unspecified atom stereocenters. The molecule has 1 N–H and O–H groups in total. The lowest BCUT2D eigenvalue weighted by Gasteiger charge is -2.25. The number of anilines is 2. The largest absolute Gasteiger partial charge is 0.497 e. The molecule has 188 valence electrons. The van der Waals surface area contributed by atoms with Gasteiger partial charge >= 0.3 is 5.97 Å². The van der Waals surface area contributed by atoms with Gasteiger partial charge in [-0.25, -0.2) is 4.79 Å². The quantitative estimate of drug-likeness (QED) is 0.266. The van der Waals surface area contributed by atoms with Gasteiger partial charge in [0.15, 0.2) is 6.61 Å². The molecule has 1 heterocycles. The van der Waals surface area contributed by atoms with Crippen LogP contribution in [0.15, 0.2) is 42.5 Å². The molecule has 2 fully saturated rings. The summed E-state index contributed by atoms with van der Waals surface area (Å²) in [5.74, 6) is -2.19. The Bertz CT molecular complexity index is 1240. The number of nitro groups is 1. The molecule has 1 aliphatic heterocycles. The second-order valence-electron chi connectivity index (χ2n) is 8.96. The maximum atomic E-state index is 13.0. The van der Waals surface area contributed by atoms with Gasteiger partial charge in [-0.05, 0) is 49.4 Å². The molecular formula is C25H25N3O8. The number of nitrogens with one attached hydrogen (secondary N) is 1. The SMILES string of the molecule is COc1ccc([N+](=O)[O-])c(NC(=O)COC(=O)c2cccc(N3C(=O)[C@@H]4CC[C@H](C)C[C@H]4C3=O)c2)c1. The Balaban J connectivity index is 1.42. The summed E-state index contributed by atoms with van der Waals surface area (Å²) in [6.07, 6.45) is 2.21. The normalized spacial score (nSPS) is 21.1. The Morgan fingerprint density at radius 1 is 1.11 bits per heavy atom. The Morgan fingerprint density at radius 3 is 2.58 bits per heavy atom. The smallest absolute Gasteiger partial charge is 0.338 e. The molecule has 1 aliphatic carbocycles. The number of nitro benzene ring substituents is 1. The molecule has 2 aromatic carbocycles. The summed E-state index contributed by atoms with van der Waals surface area (Å²) in [5.41, 5.74) is -0.128. The summed E-state index contributed by atoms with van der Waals surface area (Å²) in [5, 5.41) is 13.6. The number of imide groups is 1. The fourth-order valence-corrected chi connectivity index (χ4v) is 4.72. The molecule has 3 amide bonds. The molecule has 36 heavy (non-hydrogen) atoms. The fourth-order valence-electron chi connectivity index (χ4n) is 4.72. The second-order valence-corrected chi connectivity index (χ2v) is 8.96. The van der Waals surface area contributed by atoms with Crippen LogP contribution in [-0.2, 0) is 19.1 Å². The summed E-state index contributed by atoms with van der Waals surface area (Å²) in [6, 6.07) is 9.76. The van der Waals surface area contributed by atoms with E-state index in [0.717, 1.165) is 11.3 Å². The number of benzene rings is 2. The van der Waals surface area contributed by atoms with Crippen LogP contribution in [0, 0.1) is 27.9 Å². The van der Waals surface area contributed by atoms with Crippen molar-refractivity contribution < 1.29 is 33.6 Å². The summed E-state index contributed by atoms with van der Waals surface area (Å²) in [7, 11) is 1.38. The molecule has 0 bridgehead atoms. The fraction of sp³-hybridized carbons (Fsp3) is 0.360. The highest BCUT2D eigenvalue weighted by Gasteiger charge is 2.50. The highest BCUT2D eigenvalue weighted by Crippen LogP contribution is 2.42.